The SMILES string of the molecule is O=C1CC[C@@H](N2C(=O)c3cc(N4C[C@H]5C[C@@H]4CN5CC4CCC(n5cc(NC(=O)c6c(N7C[C@H]8C[C@@H]7CO8)nn7cccnc67)c(C(F)F)n5)CC4)ccc3[C@H]2S)C(=O)N1. The van der Waals surface area contributed by atoms with Crippen molar-refractivity contribution in [2.24, 2.45) is 5.92 Å². The van der Waals surface area contributed by atoms with Crippen molar-refractivity contribution in [3.05, 3.63) is 65.2 Å². The zero-order valence-corrected chi connectivity index (χ0v) is 33.6. The van der Waals surface area contributed by atoms with Crippen LogP contribution in [-0.4, -0.2) is 121 Å². The molecule has 7 aliphatic rings. The number of imide groups is 1. The minimum Gasteiger partial charge on any atom is -0.374 e. The fraction of sp³-hybridized carbons (Fsp3) is 0.537. The van der Waals surface area contributed by atoms with E-state index in [0.717, 1.165) is 69.4 Å². The number of piperidine rings is 1. The Labute approximate surface area is 349 Å². The number of rotatable bonds is 9. The molecule has 4 aromatic rings. The van der Waals surface area contributed by atoms with E-state index < -0.39 is 35.3 Å². The van der Waals surface area contributed by atoms with Crippen molar-refractivity contribution in [2.45, 2.75) is 99.5 Å². The summed E-state index contributed by atoms with van der Waals surface area (Å²) in [4.78, 5) is 64.9. The molecule has 0 radical (unpaired) electrons. The number of anilines is 3. The number of carbonyl (C=O) groups excluding carboxylic acids is 4. The second kappa shape index (κ2) is 14.5. The van der Waals surface area contributed by atoms with Crippen LogP contribution in [0, 0.1) is 5.92 Å². The number of morpholine rings is 1. The molecule has 16 nitrogen and oxygen atoms in total. The van der Waals surface area contributed by atoms with Gasteiger partial charge in [0.1, 0.15) is 17.0 Å². The molecule has 0 unspecified atom stereocenters. The Balaban J connectivity index is 0.718. The maximum Gasteiger partial charge on any atom is 0.284 e. The smallest absolute Gasteiger partial charge is 0.284 e. The zero-order chi connectivity index (χ0) is 41.0. The molecule has 0 spiro atoms. The second-order valence-electron chi connectivity index (χ2n) is 17.4. The third-order valence-electron chi connectivity index (χ3n) is 13.9. The Morgan fingerprint density at radius 2 is 1.83 bits per heavy atom. The number of fused-ring (bicyclic) bond motifs is 6. The molecule has 4 amide bonds. The van der Waals surface area contributed by atoms with Crippen LogP contribution in [0.2, 0.25) is 0 Å². The molecule has 11 rings (SSSR count). The van der Waals surface area contributed by atoms with Gasteiger partial charge in [-0.1, -0.05) is 6.07 Å². The van der Waals surface area contributed by atoms with Gasteiger partial charge in [0, 0.05) is 74.5 Å². The third-order valence-corrected chi connectivity index (χ3v) is 14.5. The lowest BCUT2D eigenvalue weighted by molar-refractivity contribution is -0.137. The highest BCUT2D eigenvalue weighted by Gasteiger charge is 2.47. The Hall–Kier alpha value is -5.14. The van der Waals surface area contributed by atoms with Gasteiger partial charge in [-0.3, -0.25) is 34.1 Å². The van der Waals surface area contributed by atoms with Gasteiger partial charge in [-0.25, -0.2) is 18.3 Å². The van der Waals surface area contributed by atoms with Crippen molar-refractivity contribution in [2.75, 3.05) is 47.9 Å². The zero-order valence-electron chi connectivity index (χ0n) is 32.7. The van der Waals surface area contributed by atoms with E-state index in [9.17, 15) is 28.0 Å². The third kappa shape index (κ3) is 6.25. The summed E-state index contributed by atoms with van der Waals surface area (Å²) in [6.07, 6.45) is 7.87. The van der Waals surface area contributed by atoms with E-state index in [1.807, 2.05) is 18.2 Å². The molecule has 1 aromatic carbocycles. The summed E-state index contributed by atoms with van der Waals surface area (Å²) < 4.78 is 37.8. The number of carbonyl (C=O) groups is 4. The number of nitrogens with one attached hydrogen (secondary N) is 2. The van der Waals surface area contributed by atoms with Crippen LogP contribution in [0.25, 0.3) is 5.65 Å². The minimum absolute atomic E-state index is 0.00732. The Kier molecular flexibility index (Phi) is 9.15. The van der Waals surface area contributed by atoms with Crippen molar-refractivity contribution < 1.29 is 32.7 Å². The van der Waals surface area contributed by atoms with Gasteiger partial charge in [-0.15, -0.1) is 17.7 Å². The predicted octanol–water partition coefficient (Wildman–Crippen LogP) is 3.98. The van der Waals surface area contributed by atoms with Crippen molar-refractivity contribution >= 4 is 59.1 Å². The molecule has 314 valence electrons. The van der Waals surface area contributed by atoms with Crippen LogP contribution < -0.4 is 20.4 Å². The highest BCUT2D eigenvalue weighted by atomic mass is 32.1. The fourth-order valence-corrected chi connectivity index (χ4v) is 11.5. The first-order chi connectivity index (χ1) is 29.1. The molecule has 6 fully saturated rings. The van der Waals surface area contributed by atoms with Crippen LogP contribution in [0.3, 0.4) is 0 Å². The lowest BCUT2D eigenvalue weighted by Crippen LogP contribution is -2.53. The molecule has 3 aromatic heterocycles. The van der Waals surface area contributed by atoms with E-state index in [2.05, 4.69) is 40.5 Å². The van der Waals surface area contributed by atoms with Crippen molar-refractivity contribution in [3.8, 4) is 0 Å². The van der Waals surface area contributed by atoms with E-state index in [4.69, 9.17) is 17.4 Å². The summed E-state index contributed by atoms with van der Waals surface area (Å²) in [6.45, 7) is 3.89. The summed E-state index contributed by atoms with van der Waals surface area (Å²) in [5, 5.41) is 13.6. The van der Waals surface area contributed by atoms with Gasteiger partial charge in [0.25, 0.3) is 18.2 Å². The summed E-state index contributed by atoms with van der Waals surface area (Å²) in [5.41, 5.74) is 2.45. The highest BCUT2D eigenvalue weighted by molar-refractivity contribution is 7.80. The van der Waals surface area contributed by atoms with Crippen molar-refractivity contribution in [3.63, 3.8) is 0 Å². The van der Waals surface area contributed by atoms with Gasteiger partial charge in [-0.05, 0) is 74.6 Å². The lowest BCUT2D eigenvalue weighted by atomic mass is 9.85. The molecule has 9 heterocycles. The number of alkyl halides is 2. The van der Waals surface area contributed by atoms with Gasteiger partial charge in [0.2, 0.25) is 11.8 Å². The van der Waals surface area contributed by atoms with Gasteiger partial charge in [-0.2, -0.15) is 5.10 Å². The predicted molar refractivity (Wildman–Crippen MR) is 216 cm³/mol. The maximum atomic E-state index is 14.5. The van der Waals surface area contributed by atoms with Crippen LogP contribution in [0.15, 0.2) is 42.9 Å². The number of halogens is 2. The number of piperazine rings is 1. The Bertz CT molecular complexity index is 2420. The highest BCUT2D eigenvalue weighted by Crippen LogP contribution is 2.44. The molecule has 6 atom stereocenters. The van der Waals surface area contributed by atoms with Gasteiger partial charge in [0.05, 0.1) is 30.5 Å². The van der Waals surface area contributed by atoms with Crippen LogP contribution in [0.5, 0.6) is 0 Å². The molecular formula is C41H45F2N11O5S. The number of hydrogen-bond donors (Lipinski definition) is 3. The van der Waals surface area contributed by atoms with Crippen LogP contribution >= 0.6 is 12.6 Å². The van der Waals surface area contributed by atoms with Crippen LogP contribution in [-0.2, 0) is 14.3 Å². The first kappa shape index (κ1) is 37.8. The summed E-state index contributed by atoms with van der Waals surface area (Å²) >= 11 is 4.72. The molecule has 4 bridgehead atoms. The molecule has 5 saturated heterocycles. The molecule has 60 heavy (non-hydrogen) atoms. The van der Waals surface area contributed by atoms with E-state index in [0.29, 0.717) is 48.2 Å². The number of thiol groups is 1. The average Bonchev–Trinajstić information content (AvgIpc) is 4.12. The number of benzene rings is 1. The maximum absolute atomic E-state index is 14.5. The molecule has 1 aliphatic carbocycles. The van der Waals surface area contributed by atoms with E-state index in [-0.39, 0.29) is 54.1 Å². The van der Waals surface area contributed by atoms with Gasteiger partial charge < -0.3 is 24.8 Å². The molecule has 6 aliphatic heterocycles. The molecular weight excluding hydrogens is 797 g/mol. The quantitative estimate of drug-likeness (QED) is 0.165. The summed E-state index contributed by atoms with van der Waals surface area (Å²) in [7, 11) is 0. The number of hydrogen-bond acceptors (Lipinski definition) is 12. The topological polar surface area (TPSA) is 163 Å². The number of amides is 4. The normalized spacial score (nSPS) is 30.1. The first-order valence-corrected chi connectivity index (χ1v) is 21.5. The Morgan fingerprint density at radius 1 is 0.983 bits per heavy atom. The summed E-state index contributed by atoms with van der Waals surface area (Å²) in [6, 6.07) is 7.65. The van der Waals surface area contributed by atoms with E-state index in [1.54, 1.807) is 33.9 Å². The van der Waals surface area contributed by atoms with Crippen molar-refractivity contribution in [1.82, 2.24) is 39.5 Å². The largest absolute Gasteiger partial charge is 0.374 e. The van der Waals surface area contributed by atoms with Gasteiger partial charge in [0.15, 0.2) is 17.2 Å². The lowest BCUT2D eigenvalue weighted by Gasteiger charge is -2.38. The molecule has 2 N–H and O–H groups in total. The molecule has 19 heteroatoms. The molecule has 1 saturated carbocycles. The van der Waals surface area contributed by atoms with Gasteiger partial charge >= 0.3 is 0 Å². The van der Waals surface area contributed by atoms with E-state index >= 15 is 0 Å². The number of ether oxygens (including phenoxy) is 1. The van der Waals surface area contributed by atoms with Crippen LogP contribution in [0.4, 0.5) is 26.0 Å². The summed E-state index contributed by atoms with van der Waals surface area (Å²) in [5.74, 6) is -0.637. The average molecular weight is 842 g/mol. The second-order valence-corrected chi connectivity index (χ2v) is 17.9. The fourth-order valence-electron chi connectivity index (χ4n) is 11.0. The van der Waals surface area contributed by atoms with E-state index in [1.165, 1.54) is 4.90 Å². The Morgan fingerprint density at radius 3 is 2.57 bits per heavy atom. The number of likely N-dealkylation sites (tertiary alicyclic amines) is 1. The number of nitrogens with zero attached hydrogens (tertiary/aromatic N) is 9. The first-order valence-electron chi connectivity index (χ1n) is 21.0. The number of aromatic nitrogens is 5. The standard InChI is InChI=1S/C41H45F2N11O5S/c42-35(43)34-30(45-39(57)33-36-44-10-1-11-52(36)48-37(33)51-18-27-13-26(51)20-59-27)19-53(47-34)22-4-2-21(3-5-22)15-49-16-25-12-24(49)17-50(25)23-6-7-28-29(14-23)40(58)54(41(28)60)31-8-9-32(55)46-38(31)56/h1,6-7,10-11,14,19,21-22,24-27,31,35,41,60H,2-5,8-9,12-13,15-18,20H2,(H,45,57)(H,46,55,56)/t21?,22?,24-,25-,26-,27-,31-,41-/m1/s1. The van der Waals surface area contributed by atoms with Crippen LogP contribution in [0.1, 0.15) is 101 Å². The minimum atomic E-state index is -2.87. The van der Waals surface area contributed by atoms with Crippen molar-refractivity contribution in [1.29, 1.82) is 0 Å². The monoisotopic (exact) mass is 841 g/mol.